The number of fused-ring (bicyclic) bond motifs is 2. The lowest BCUT2D eigenvalue weighted by atomic mass is 9.80. The minimum Gasteiger partial charge on any atom is -0.385 e. The fourth-order valence-electron chi connectivity index (χ4n) is 4.62. The van der Waals surface area contributed by atoms with E-state index in [1.54, 1.807) is 24.4 Å². The third kappa shape index (κ3) is 2.92. The van der Waals surface area contributed by atoms with E-state index in [1.165, 1.54) is 11.6 Å². The fraction of sp³-hybridized carbons (Fsp3) is 0.450. The Kier molecular flexibility index (Phi) is 4.21. The third-order valence-corrected chi connectivity index (χ3v) is 5.77. The molecule has 1 aromatic carbocycles. The van der Waals surface area contributed by atoms with Crippen molar-refractivity contribution in [3.8, 4) is 0 Å². The van der Waals surface area contributed by atoms with Crippen molar-refractivity contribution >= 4 is 5.82 Å². The summed E-state index contributed by atoms with van der Waals surface area (Å²) in [7, 11) is 1.88. The number of nitrogens with zero attached hydrogens (tertiary/aromatic N) is 2. The van der Waals surface area contributed by atoms with E-state index in [1.807, 2.05) is 13.1 Å². The van der Waals surface area contributed by atoms with Gasteiger partial charge in [-0.15, -0.1) is 0 Å². The summed E-state index contributed by atoms with van der Waals surface area (Å²) in [6.45, 7) is 0.812. The Balaban J connectivity index is 1.57. The van der Waals surface area contributed by atoms with E-state index in [-0.39, 0.29) is 17.9 Å². The molecule has 5 heteroatoms. The average Bonchev–Trinajstić information content (AvgIpc) is 2.86. The smallest absolute Gasteiger partial charge is 0.130 e. The predicted octanol–water partition coefficient (Wildman–Crippen LogP) is 3.28. The summed E-state index contributed by atoms with van der Waals surface area (Å²) in [6.07, 6.45) is 5.06. The molecule has 2 atom stereocenters. The molecule has 2 saturated heterocycles. The first-order valence-electron chi connectivity index (χ1n) is 8.95. The molecule has 4 nitrogen and oxygen atoms in total. The molecular weight excluding hydrogens is 317 g/mol. The van der Waals surface area contributed by atoms with Crippen LogP contribution in [0, 0.1) is 5.82 Å². The first-order valence-corrected chi connectivity index (χ1v) is 8.95. The molecule has 2 fully saturated rings. The molecule has 1 aromatic heterocycles. The average molecular weight is 341 g/mol. The predicted molar refractivity (Wildman–Crippen MR) is 95.7 cm³/mol. The van der Waals surface area contributed by atoms with Crippen LogP contribution in [0.2, 0.25) is 0 Å². The number of aliphatic hydroxyl groups is 1. The highest BCUT2D eigenvalue weighted by Gasteiger charge is 2.49. The lowest BCUT2D eigenvalue weighted by molar-refractivity contribution is -0.0615. The van der Waals surface area contributed by atoms with Gasteiger partial charge in [0.25, 0.3) is 0 Å². The fourth-order valence-corrected chi connectivity index (χ4v) is 4.62. The van der Waals surface area contributed by atoms with Gasteiger partial charge < -0.3 is 10.4 Å². The summed E-state index contributed by atoms with van der Waals surface area (Å²) in [6, 6.07) is 11.2. The van der Waals surface area contributed by atoms with Crippen molar-refractivity contribution in [1.82, 2.24) is 9.88 Å². The van der Waals surface area contributed by atoms with E-state index in [2.05, 4.69) is 21.3 Å². The zero-order valence-electron chi connectivity index (χ0n) is 14.5. The molecule has 4 rings (SSSR count). The van der Waals surface area contributed by atoms with Crippen LogP contribution in [0.3, 0.4) is 0 Å². The first kappa shape index (κ1) is 16.5. The van der Waals surface area contributed by atoms with Crippen LogP contribution in [0.4, 0.5) is 10.2 Å². The highest BCUT2D eigenvalue weighted by molar-refractivity contribution is 5.43. The van der Waals surface area contributed by atoms with Crippen molar-refractivity contribution in [1.29, 1.82) is 0 Å². The molecule has 2 aliphatic heterocycles. The van der Waals surface area contributed by atoms with Crippen LogP contribution in [-0.2, 0) is 12.1 Å². The molecule has 0 aliphatic carbocycles. The number of aromatic nitrogens is 1. The standard InChI is InChI=1S/C20H24FN3O/c1-22-19-14(5-4-10-23-19)13-24-15-8-9-16(24)12-20(25,11-15)17-6-2-3-7-18(17)21/h2-7,10,15-16,25H,8-9,11-13H2,1H3,(H,22,23). The van der Waals surface area contributed by atoms with Crippen LogP contribution in [-0.4, -0.2) is 34.1 Å². The second-order valence-corrected chi connectivity index (χ2v) is 7.24. The summed E-state index contributed by atoms with van der Waals surface area (Å²) in [5, 5.41) is 14.3. The van der Waals surface area contributed by atoms with Crippen LogP contribution in [0.15, 0.2) is 42.6 Å². The Labute approximate surface area is 147 Å². The number of halogens is 1. The number of hydrogen-bond acceptors (Lipinski definition) is 4. The zero-order valence-corrected chi connectivity index (χ0v) is 14.5. The van der Waals surface area contributed by atoms with Gasteiger partial charge in [-0.1, -0.05) is 24.3 Å². The Bertz CT molecular complexity index is 752. The molecule has 0 radical (unpaired) electrons. The SMILES string of the molecule is CNc1ncccc1CN1C2CCC1CC(O)(c1ccccc1F)C2. The van der Waals surface area contributed by atoms with Crippen LogP contribution in [0.1, 0.15) is 36.8 Å². The maximum atomic E-state index is 14.2. The molecule has 0 amide bonds. The number of nitrogens with one attached hydrogen (secondary N) is 1. The van der Waals surface area contributed by atoms with Gasteiger partial charge in [0.1, 0.15) is 11.6 Å². The number of rotatable bonds is 4. The van der Waals surface area contributed by atoms with Crippen molar-refractivity contribution in [2.45, 2.75) is 49.9 Å². The van der Waals surface area contributed by atoms with Gasteiger partial charge in [-0.05, 0) is 37.8 Å². The summed E-state index contributed by atoms with van der Waals surface area (Å²) >= 11 is 0. The normalized spacial score (nSPS) is 28.9. The van der Waals surface area contributed by atoms with E-state index < -0.39 is 5.60 Å². The number of benzene rings is 1. The van der Waals surface area contributed by atoms with Gasteiger partial charge in [0.05, 0.1) is 5.60 Å². The van der Waals surface area contributed by atoms with Gasteiger partial charge in [0.2, 0.25) is 0 Å². The van der Waals surface area contributed by atoms with Crippen LogP contribution in [0.5, 0.6) is 0 Å². The summed E-state index contributed by atoms with van der Waals surface area (Å²) < 4.78 is 14.2. The Morgan fingerprint density at radius 1 is 1.20 bits per heavy atom. The minimum absolute atomic E-state index is 0.272. The Morgan fingerprint density at radius 3 is 2.60 bits per heavy atom. The molecule has 2 aliphatic rings. The summed E-state index contributed by atoms with van der Waals surface area (Å²) in [5.74, 6) is 0.597. The maximum Gasteiger partial charge on any atom is 0.130 e. The van der Waals surface area contributed by atoms with Crippen molar-refractivity contribution in [3.63, 3.8) is 0 Å². The van der Waals surface area contributed by atoms with Gasteiger partial charge in [-0.2, -0.15) is 0 Å². The molecule has 2 N–H and O–H groups in total. The van der Waals surface area contributed by atoms with Crippen LogP contribution < -0.4 is 5.32 Å². The van der Waals surface area contributed by atoms with E-state index >= 15 is 0 Å². The monoisotopic (exact) mass is 341 g/mol. The zero-order chi connectivity index (χ0) is 17.4. The molecule has 3 heterocycles. The lowest BCUT2D eigenvalue weighted by Gasteiger charge is -2.44. The number of anilines is 1. The maximum absolute atomic E-state index is 14.2. The van der Waals surface area contributed by atoms with Crippen molar-refractivity contribution in [2.24, 2.45) is 0 Å². The second kappa shape index (κ2) is 6.39. The second-order valence-electron chi connectivity index (χ2n) is 7.24. The number of piperidine rings is 1. The highest BCUT2D eigenvalue weighted by atomic mass is 19.1. The largest absolute Gasteiger partial charge is 0.385 e. The Hall–Kier alpha value is -1.98. The van der Waals surface area contributed by atoms with Gasteiger partial charge in [0.15, 0.2) is 0 Å². The van der Waals surface area contributed by atoms with Crippen LogP contribution in [0.25, 0.3) is 0 Å². The molecule has 2 bridgehead atoms. The van der Waals surface area contributed by atoms with E-state index in [9.17, 15) is 9.50 Å². The minimum atomic E-state index is -1.06. The van der Waals surface area contributed by atoms with Crippen molar-refractivity contribution in [3.05, 3.63) is 59.5 Å². The van der Waals surface area contributed by atoms with Gasteiger partial charge >= 0.3 is 0 Å². The Morgan fingerprint density at radius 2 is 1.92 bits per heavy atom. The highest BCUT2D eigenvalue weighted by Crippen LogP contribution is 2.46. The van der Waals surface area contributed by atoms with Crippen molar-refractivity contribution in [2.75, 3.05) is 12.4 Å². The van der Waals surface area contributed by atoms with E-state index in [0.29, 0.717) is 18.4 Å². The topological polar surface area (TPSA) is 48.4 Å². The molecule has 2 aromatic rings. The lowest BCUT2D eigenvalue weighted by Crippen LogP contribution is -2.49. The number of hydrogen-bond donors (Lipinski definition) is 2. The van der Waals surface area contributed by atoms with Gasteiger partial charge in [-0.25, -0.2) is 9.37 Å². The van der Waals surface area contributed by atoms with E-state index in [0.717, 1.165) is 25.2 Å². The summed E-state index contributed by atoms with van der Waals surface area (Å²) in [4.78, 5) is 6.85. The van der Waals surface area contributed by atoms with Crippen LogP contribution >= 0.6 is 0 Å². The van der Waals surface area contributed by atoms with Gasteiger partial charge in [-0.3, -0.25) is 4.90 Å². The molecule has 0 spiro atoms. The number of pyridine rings is 1. The van der Waals surface area contributed by atoms with Crippen molar-refractivity contribution < 1.29 is 9.50 Å². The van der Waals surface area contributed by atoms with E-state index in [4.69, 9.17) is 0 Å². The quantitative estimate of drug-likeness (QED) is 0.896. The van der Waals surface area contributed by atoms with Gasteiger partial charge in [0, 0.05) is 43.0 Å². The molecular formula is C20H24FN3O. The molecule has 2 unspecified atom stereocenters. The summed E-state index contributed by atoms with van der Waals surface area (Å²) in [5.41, 5.74) is 0.552. The molecule has 25 heavy (non-hydrogen) atoms. The first-order chi connectivity index (χ1) is 12.1. The third-order valence-electron chi connectivity index (χ3n) is 5.77. The molecule has 0 saturated carbocycles. The molecule has 132 valence electrons.